The molecule has 0 aromatic heterocycles. The molecular weight excluding hydrogens is 608 g/mol. The van der Waals surface area contributed by atoms with Crippen LogP contribution in [0.4, 0.5) is 0 Å². The van der Waals surface area contributed by atoms with E-state index < -0.39 is 47.2 Å². The lowest BCUT2D eigenvalue weighted by molar-refractivity contribution is -0.157. The van der Waals surface area contributed by atoms with Gasteiger partial charge in [-0.25, -0.2) is 9.59 Å². The van der Waals surface area contributed by atoms with E-state index in [1.165, 1.54) is 52.0 Å². The Balaban J connectivity index is 2.32. The third-order valence-corrected chi connectivity index (χ3v) is 5.57. The lowest BCUT2D eigenvalue weighted by Gasteiger charge is -2.23. The first-order valence-electron chi connectivity index (χ1n) is 14.2. The zero-order valence-electron chi connectivity index (χ0n) is 26.5. The van der Waals surface area contributed by atoms with Gasteiger partial charge in [-0.05, 0) is 52.0 Å². The first-order valence-corrected chi connectivity index (χ1v) is 14.2. The number of carbonyl (C=O) groups excluding carboxylic acids is 7. The molecule has 1 aromatic rings. The molecule has 0 unspecified atom stereocenters. The maximum absolute atomic E-state index is 12.9. The van der Waals surface area contributed by atoms with Gasteiger partial charge in [0.1, 0.15) is 45.4 Å². The van der Waals surface area contributed by atoms with E-state index in [0.717, 1.165) is 0 Å². The first-order chi connectivity index (χ1) is 21.6. The summed E-state index contributed by atoms with van der Waals surface area (Å²) in [7, 11) is 0. The predicted molar refractivity (Wildman–Crippen MR) is 159 cm³/mol. The molecule has 0 amide bonds. The lowest BCUT2D eigenvalue weighted by atomic mass is 9.96. The van der Waals surface area contributed by atoms with Crippen molar-refractivity contribution in [3.63, 3.8) is 0 Å². The fraction of sp³-hybridized carbons (Fsp3) is 0.469. The number of Topliss-reactive ketones (excluding diaryl/α,β-unsaturated/α-hetero) is 1. The van der Waals surface area contributed by atoms with Crippen LogP contribution in [0.2, 0.25) is 0 Å². The van der Waals surface area contributed by atoms with Gasteiger partial charge >= 0.3 is 35.8 Å². The predicted octanol–water partition coefficient (Wildman–Crippen LogP) is 3.00. The fourth-order valence-electron chi connectivity index (χ4n) is 3.20. The normalized spacial score (nSPS) is 10.5. The van der Waals surface area contributed by atoms with Crippen LogP contribution >= 0.6 is 0 Å². The van der Waals surface area contributed by atoms with Gasteiger partial charge in [-0.3, -0.25) is 24.0 Å². The number of ketones is 1. The monoisotopic (exact) mass is 648 g/mol. The molecule has 0 N–H and O–H groups in total. The summed E-state index contributed by atoms with van der Waals surface area (Å²) < 4.78 is 35.1. The smallest absolute Gasteiger partial charge is 0.333 e. The Hall–Kier alpha value is -5.01. The minimum absolute atomic E-state index is 0.00273. The van der Waals surface area contributed by atoms with Crippen LogP contribution in [0.25, 0.3) is 0 Å². The Kier molecular flexibility index (Phi) is 17.1. The molecule has 0 atom stereocenters. The fourth-order valence-corrected chi connectivity index (χ4v) is 3.20. The van der Waals surface area contributed by atoms with Gasteiger partial charge in [-0.15, -0.1) is 0 Å². The van der Waals surface area contributed by atoms with Crippen LogP contribution in [-0.4, -0.2) is 86.8 Å². The second-order valence-corrected chi connectivity index (χ2v) is 10.2. The van der Waals surface area contributed by atoms with Crippen molar-refractivity contribution in [1.29, 1.82) is 0 Å². The van der Waals surface area contributed by atoms with E-state index in [4.69, 9.17) is 33.2 Å². The van der Waals surface area contributed by atoms with Crippen molar-refractivity contribution in [3.05, 3.63) is 54.1 Å². The van der Waals surface area contributed by atoms with Crippen molar-refractivity contribution in [2.45, 2.75) is 59.0 Å². The summed E-state index contributed by atoms with van der Waals surface area (Å²) in [6.45, 7) is 12.0. The highest BCUT2D eigenvalue weighted by Crippen LogP contribution is 2.21. The number of hydrogen-bond donors (Lipinski definition) is 0. The second kappa shape index (κ2) is 20.1. The van der Waals surface area contributed by atoms with Crippen LogP contribution in [0.15, 0.2) is 48.6 Å². The van der Waals surface area contributed by atoms with Crippen LogP contribution in [0.5, 0.6) is 5.75 Å². The summed E-state index contributed by atoms with van der Waals surface area (Å²) in [6, 6.07) is 5.98. The van der Waals surface area contributed by atoms with Crippen molar-refractivity contribution in [2.24, 2.45) is 0 Å². The summed E-state index contributed by atoms with van der Waals surface area (Å²) in [4.78, 5) is 83.0. The topological polar surface area (TPSA) is 184 Å². The zero-order chi connectivity index (χ0) is 34.7. The zero-order valence-corrected chi connectivity index (χ0v) is 26.5. The van der Waals surface area contributed by atoms with Crippen molar-refractivity contribution in [1.82, 2.24) is 0 Å². The van der Waals surface area contributed by atoms with E-state index in [0.29, 0.717) is 5.75 Å². The molecule has 0 aliphatic heterocycles. The van der Waals surface area contributed by atoms with E-state index >= 15 is 0 Å². The molecule has 0 saturated carbocycles. The molecule has 0 saturated heterocycles. The van der Waals surface area contributed by atoms with E-state index in [1.807, 2.05) is 0 Å². The molecule has 14 nitrogen and oxygen atoms in total. The van der Waals surface area contributed by atoms with Gasteiger partial charge in [0, 0.05) is 16.7 Å². The largest absolute Gasteiger partial charge is 0.490 e. The number of benzene rings is 1. The SMILES string of the molecule is C=C(C)C(=O)OCCOC(=O)CCC(=O)OCCOc1ccc(C(=O)C(C)(C)OC(=O)CCC(=O)OCCOC(=O)C(=C)C)cc1. The summed E-state index contributed by atoms with van der Waals surface area (Å²) in [6.07, 6.45) is -1.03. The van der Waals surface area contributed by atoms with Crippen LogP contribution in [0.1, 0.15) is 63.7 Å². The van der Waals surface area contributed by atoms with E-state index in [1.54, 1.807) is 0 Å². The Morgan fingerprint density at radius 3 is 1.35 bits per heavy atom. The maximum atomic E-state index is 12.9. The van der Waals surface area contributed by atoms with Gasteiger partial charge in [0.15, 0.2) is 5.60 Å². The highest BCUT2D eigenvalue weighted by molar-refractivity contribution is 6.03. The molecule has 0 fully saturated rings. The molecule has 0 aliphatic rings. The van der Waals surface area contributed by atoms with Crippen LogP contribution in [-0.2, 0) is 57.2 Å². The molecule has 14 heteroatoms. The molecule has 0 spiro atoms. The minimum atomic E-state index is -1.53. The summed E-state index contributed by atoms with van der Waals surface area (Å²) in [5.41, 5.74) is -0.859. The van der Waals surface area contributed by atoms with Gasteiger partial charge in [0.2, 0.25) is 5.78 Å². The summed E-state index contributed by atoms with van der Waals surface area (Å²) >= 11 is 0. The number of ether oxygens (including phenoxy) is 7. The number of rotatable bonds is 21. The first kappa shape index (κ1) is 39.0. The molecule has 0 aliphatic carbocycles. The highest BCUT2D eigenvalue weighted by Gasteiger charge is 2.33. The standard InChI is InChI=1S/C32H40O14/c1-21(2)30(38)44-19-17-42-26(34)12-11-25(33)41-16-15-40-24-9-7-23(8-10-24)29(37)32(5,6)46-28(36)14-13-27(35)43-18-20-45-31(39)22(3)4/h7-10H,1,3,11-20H2,2,4-6H3. The molecule has 1 rings (SSSR count). The van der Waals surface area contributed by atoms with Gasteiger partial charge in [0.05, 0.1) is 25.7 Å². The molecule has 252 valence electrons. The van der Waals surface area contributed by atoms with Gasteiger partial charge in [-0.1, -0.05) is 13.2 Å². The Bertz CT molecular complexity index is 1280. The Morgan fingerprint density at radius 2 is 0.935 bits per heavy atom. The summed E-state index contributed by atoms with van der Waals surface area (Å²) in [5.74, 6) is -4.08. The van der Waals surface area contributed by atoms with Gasteiger partial charge in [-0.2, -0.15) is 0 Å². The maximum Gasteiger partial charge on any atom is 0.333 e. The molecule has 0 bridgehead atoms. The lowest BCUT2D eigenvalue weighted by Crippen LogP contribution is -2.37. The third kappa shape index (κ3) is 16.2. The van der Waals surface area contributed by atoms with Gasteiger partial charge < -0.3 is 33.2 Å². The van der Waals surface area contributed by atoms with Crippen LogP contribution in [0, 0.1) is 0 Å². The molecule has 0 heterocycles. The average Bonchev–Trinajstić information content (AvgIpc) is 3.00. The molecular formula is C32H40O14. The second-order valence-electron chi connectivity index (χ2n) is 10.2. The number of esters is 6. The van der Waals surface area contributed by atoms with Crippen LogP contribution < -0.4 is 4.74 Å². The van der Waals surface area contributed by atoms with Crippen molar-refractivity contribution in [3.8, 4) is 5.75 Å². The van der Waals surface area contributed by atoms with Gasteiger partial charge in [0.25, 0.3) is 0 Å². The number of carbonyl (C=O) groups is 7. The Morgan fingerprint density at radius 1 is 0.565 bits per heavy atom. The summed E-state index contributed by atoms with van der Waals surface area (Å²) in [5, 5.41) is 0. The number of hydrogen-bond acceptors (Lipinski definition) is 14. The van der Waals surface area contributed by atoms with Crippen molar-refractivity contribution < 1.29 is 66.7 Å². The molecule has 0 radical (unpaired) electrons. The molecule has 1 aromatic carbocycles. The third-order valence-electron chi connectivity index (χ3n) is 5.57. The van der Waals surface area contributed by atoms with Crippen molar-refractivity contribution >= 4 is 41.6 Å². The quantitative estimate of drug-likeness (QED) is 0.0623. The van der Waals surface area contributed by atoms with E-state index in [-0.39, 0.29) is 82.0 Å². The average molecular weight is 649 g/mol. The Labute approximate surface area is 266 Å². The van der Waals surface area contributed by atoms with Crippen LogP contribution in [0.3, 0.4) is 0 Å². The highest BCUT2D eigenvalue weighted by atomic mass is 16.6. The van der Waals surface area contributed by atoms with E-state index in [2.05, 4.69) is 13.2 Å². The van der Waals surface area contributed by atoms with Crippen molar-refractivity contribution in [2.75, 3.05) is 39.6 Å². The molecule has 46 heavy (non-hydrogen) atoms. The minimum Gasteiger partial charge on any atom is -0.490 e. The van der Waals surface area contributed by atoms with E-state index in [9.17, 15) is 33.6 Å².